The third-order valence-electron chi connectivity index (χ3n) is 3.29. The summed E-state index contributed by atoms with van der Waals surface area (Å²) in [4.78, 5) is 11.2. The predicted molar refractivity (Wildman–Crippen MR) is 49.3 cm³/mol. The lowest BCUT2D eigenvalue weighted by molar-refractivity contribution is -0.119. The molecule has 0 spiro atoms. The first-order chi connectivity index (χ1) is 6.31. The van der Waals surface area contributed by atoms with Gasteiger partial charge in [-0.05, 0) is 24.7 Å². The van der Waals surface area contributed by atoms with Gasteiger partial charge in [0.2, 0.25) is 5.91 Å². The lowest BCUT2D eigenvalue weighted by Crippen LogP contribution is -2.31. The molecular formula is C10H17NO2. The highest BCUT2D eigenvalue weighted by Gasteiger charge is 2.37. The fraction of sp³-hybridized carbons (Fsp3) is 0.900. The minimum atomic E-state index is 0.226. The molecule has 3 unspecified atom stereocenters. The predicted octanol–water partition coefficient (Wildman–Crippen LogP) is 0.938. The van der Waals surface area contributed by atoms with Crippen LogP contribution >= 0.6 is 0 Å². The van der Waals surface area contributed by atoms with E-state index in [-0.39, 0.29) is 5.91 Å². The number of nitrogens with one attached hydrogen (secondary N) is 1. The zero-order valence-electron chi connectivity index (χ0n) is 8.08. The summed E-state index contributed by atoms with van der Waals surface area (Å²) in [5.74, 6) is 1.37. The lowest BCUT2D eigenvalue weighted by Gasteiger charge is -2.21. The van der Waals surface area contributed by atoms with Gasteiger partial charge in [-0.2, -0.15) is 0 Å². The van der Waals surface area contributed by atoms with E-state index in [1.165, 1.54) is 0 Å². The van der Waals surface area contributed by atoms with E-state index in [2.05, 4.69) is 12.2 Å². The second-order valence-corrected chi connectivity index (χ2v) is 4.07. The van der Waals surface area contributed by atoms with Gasteiger partial charge in [-0.15, -0.1) is 0 Å². The van der Waals surface area contributed by atoms with Crippen LogP contribution in [0.1, 0.15) is 26.2 Å². The molecule has 0 radical (unpaired) electrons. The molecule has 2 saturated heterocycles. The van der Waals surface area contributed by atoms with Gasteiger partial charge in [0.05, 0.1) is 0 Å². The molecule has 0 aromatic carbocycles. The molecule has 2 rings (SSSR count). The Bertz CT molecular complexity index is 199. The first-order valence-corrected chi connectivity index (χ1v) is 5.18. The summed E-state index contributed by atoms with van der Waals surface area (Å²) in [6, 6.07) is 0.402. The van der Waals surface area contributed by atoms with Crippen LogP contribution in [0.25, 0.3) is 0 Å². The zero-order chi connectivity index (χ0) is 9.26. The second-order valence-electron chi connectivity index (χ2n) is 4.07. The van der Waals surface area contributed by atoms with Gasteiger partial charge in [-0.25, -0.2) is 0 Å². The van der Waals surface area contributed by atoms with E-state index >= 15 is 0 Å². The summed E-state index contributed by atoms with van der Waals surface area (Å²) in [5, 5.41) is 3.04. The Morgan fingerprint density at radius 3 is 3.08 bits per heavy atom. The number of hydrogen-bond donors (Lipinski definition) is 1. The summed E-state index contributed by atoms with van der Waals surface area (Å²) < 4.78 is 5.36. The van der Waals surface area contributed by atoms with Crippen molar-refractivity contribution < 1.29 is 9.53 Å². The quantitative estimate of drug-likeness (QED) is 0.692. The van der Waals surface area contributed by atoms with Crippen LogP contribution in [-0.4, -0.2) is 25.2 Å². The van der Waals surface area contributed by atoms with Crippen molar-refractivity contribution in [2.45, 2.75) is 32.2 Å². The van der Waals surface area contributed by atoms with Crippen LogP contribution in [0.3, 0.4) is 0 Å². The molecular weight excluding hydrogens is 166 g/mol. The van der Waals surface area contributed by atoms with Crippen molar-refractivity contribution >= 4 is 5.91 Å². The minimum absolute atomic E-state index is 0.226. The standard InChI is InChI=1S/C10H17NO2/c1-2-9-8(5-10(12)11-9)7-3-4-13-6-7/h7-9H,2-6H2,1H3,(H,11,12). The summed E-state index contributed by atoms with van der Waals surface area (Å²) in [6.07, 6.45) is 2.90. The second kappa shape index (κ2) is 3.66. The molecule has 0 bridgehead atoms. The number of amides is 1. The summed E-state index contributed by atoms with van der Waals surface area (Å²) in [6.45, 7) is 3.88. The van der Waals surface area contributed by atoms with E-state index in [1.807, 2.05) is 0 Å². The molecule has 0 saturated carbocycles. The van der Waals surface area contributed by atoms with Gasteiger partial charge in [-0.3, -0.25) is 4.79 Å². The molecule has 0 aromatic heterocycles. The topological polar surface area (TPSA) is 38.3 Å². The maximum absolute atomic E-state index is 11.2. The fourth-order valence-electron chi connectivity index (χ4n) is 2.52. The van der Waals surface area contributed by atoms with Crippen molar-refractivity contribution in [3.63, 3.8) is 0 Å². The Morgan fingerprint density at radius 1 is 1.62 bits per heavy atom. The number of rotatable bonds is 2. The molecule has 2 aliphatic rings. The molecule has 74 valence electrons. The Balaban J connectivity index is 1.99. The van der Waals surface area contributed by atoms with Gasteiger partial charge < -0.3 is 10.1 Å². The van der Waals surface area contributed by atoms with Crippen molar-refractivity contribution in [2.75, 3.05) is 13.2 Å². The SMILES string of the molecule is CCC1NC(=O)CC1C1CCOC1. The van der Waals surface area contributed by atoms with E-state index in [0.717, 1.165) is 26.1 Å². The van der Waals surface area contributed by atoms with E-state index in [9.17, 15) is 4.79 Å². The van der Waals surface area contributed by atoms with Crippen molar-refractivity contribution in [3.05, 3.63) is 0 Å². The molecule has 3 nitrogen and oxygen atoms in total. The van der Waals surface area contributed by atoms with Crippen molar-refractivity contribution in [1.82, 2.24) is 5.32 Å². The van der Waals surface area contributed by atoms with Gasteiger partial charge in [0.25, 0.3) is 0 Å². The number of carbonyl (C=O) groups excluding carboxylic acids is 1. The first-order valence-electron chi connectivity index (χ1n) is 5.18. The maximum atomic E-state index is 11.2. The smallest absolute Gasteiger partial charge is 0.220 e. The largest absolute Gasteiger partial charge is 0.381 e. The van der Waals surface area contributed by atoms with Gasteiger partial charge in [0.15, 0.2) is 0 Å². The number of ether oxygens (including phenoxy) is 1. The van der Waals surface area contributed by atoms with Crippen LogP contribution in [0.5, 0.6) is 0 Å². The Hall–Kier alpha value is -0.570. The molecule has 2 aliphatic heterocycles. The Labute approximate surface area is 78.8 Å². The molecule has 1 N–H and O–H groups in total. The summed E-state index contributed by atoms with van der Waals surface area (Å²) in [5.41, 5.74) is 0. The van der Waals surface area contributed by atoms with Crippen LogP contribution in [-0.2, 0) is 9.53 Å². The van der Waals surface area contributed by atoms with Gasteiger partial charge in [0.1, 0.15) is 0 Å². The van der Waals surface area contributed by atoms with E-state index in [1.54, 1.807) is 0 Å². The van der Waals surface area contributed by atoms with Crippen LogP contribution < -0.4 is 5.32 Å². The highest BCUT2D eigenvalue weighted by molar-refractivity contribution is 5.79. The van der Waals surface area contributed by atoms with E-state index in [4.69, 9.17) is 4.74 Å². The summed E-state index contributed by atoms with van der Waals surface area (Å²) in [7, 11) is 0. The highest BCUT2D eigenvalue weighted by Crippen LogP contribution is 2.32. The monoisotopic (exact) mass is 183 g/mol. The maximum Gasteiger partial charge on any atom is 0.220 e. The number of hydrogen-bond acceptors (Lipinski definition) is 2. The molecule has 3 heteroatoms. The van der Waals surface area contributed by atoms with Crippen molar-refractivity contribution in [3.8, 4) is 0 Å². The fourth-order valence-corrected chi connectivity index (χ4v) is 2.52. The Kier molecular flexibility index (Phi) is 2.54. The van der Waals surface area contributed by atoms with E-state index in [0.29, 0.717) is 24.3 Å². The van der Waals surface area contributed by atoms with Gasteiger partial charge in [-0.1, -0.05) is 6.92 Å². The molecule has 3 atom stereocenters. The van der Waals surface area contributed by atoms with Gasteiger partial charge >= 0.3 is 0 Å². The molecule has 0 aliphatic carbocycles. The lowest BCUT2D eigenvalue weighted by atomic mass is 9.85. The average Bonchev–Trinajstić information content (AvgIpc) is 2.71. The first kappa shape index (κ1) is 9.00. The highest BCUT2D eigenvalue weighted by atomic mass is 16.5. The normalized spacial score (nSPS) is 39.5. The van der Waals surface area contributed by atoms with E-state index < -0.39 is 0 Å². The third kappa shape index (κ3) is 1.70. The van der Waals surface area contributed by atoms with Crippen LogP contribution in [0.4, 0.5) is 0 Å². The molecule has 2 heterocycles. The minimum Gasteiger partial charge on any atom is -0.381 e. The average molecular weight is 183 g/mol. The molecule has 2 fully saturated rings. The number of carbonyl (C=O) groups is 1. The summed E-state index contributed by atoms with van der Waals surface area (Å²) >= 11 is 0. The zero-order valence-corrected chi connectivity index (χ0v) is 8.08. The van der Waals surface area contributed by atoms with Crippen LogP contribution in [0, 0.1) is 11.8 Å². The Morgan fingerprint density at radius 2 is 2.46 bits per heavy atom. The molecule has 0 aromatic rings. The third-order valence-corrected chi connectivity index (χ3v) is 3.29. The molecule has 1 amide bonds. The van der Waals surface area contributed by atoms with Crippen LogP contribution in [0.2, 0.25) is 0 Å². The van der Waals surface area contributed by atoms with Crippen molar-refractivity contribution in [2.24, 2.45) is 11.8 Å². The van der Waals surface area contributed by atoms with Gasteiger partial charge in [0, 0.05) is 25.7 Å². The van der Waals surface area contributed by atoms with Crippen molar-refractivity contribution in [1.29, 1.82) is 0 Å². The molecule has 13 heavy (non-hydrogen) atoms. The van der Waals surface area contributed by atoms with Crippen LogP contribution in [0.15, 0.2) is 0 Å².